The van der Waals surface area contributed by atoms with Crippen molar-refractivity contribution in [2.45, 2.75) is 25.8 Å². The van der Waals surface area contributed by atoms with Gasteiger partial charge in [0, 0.05) is 15.5 Å². The van der Waals surface area contributed by atoms with Gasteiger partial charge in [-0.2, -0.15) is 0 Å². The fraction of sp³-hybridized carbons (Fsp3) is 0.294. The molecule has 1 nitrogen and oxygen atoms in total. The fourth-order valence-electron chi connectivity index (χ4n) is 2.36. The Bertz CT molecular complexity index is 586. The molecule has 0 bridgehead atoms. The van der Waals surface area contributed by atoms with E-state index in [0.29, 0.717) is 6.42 Å². The molecule has 2 aromatic carbocycles. The second kappa shape index (κ2) is 7.92. The maximum absolute atomic E-state index is 14.0. The minimum Gasteiger partial charge on any atom is -0.314 e. The van der Waals surface area contributed by atoms with Crippen LogP contribution in [0.4, 0.5) is 4.39 Å². The highest BCUT2D eigenvalue weighted by molar-refractivity contribution is 9.10. The van der Waals surface area contributed by atoms with E-state index in [2.05, 4.69) is 28.2 Å². The minimum atomic E-state index is -0.164. The van der Waals surface area contributed by atoms with E-state index in [-0.39, 0.29) is 11.9 Å². The van der Waals surface area contributed by atoms with Gasteiger partial charge in [0.15, 0.2) is 0 Å². The van der Waals surface area contributed by atoms with Crippen LogP contribution in [0.3, 0.4) is 0 Å². The molecule has 1 N–H and O–H groups in total. The van der Waals surface area contributed by atoms with Crippen molar-refractivity contribution in [1.82, 2.24) is 5.32 Å². The molecule has 0 amide bonds. The van der Waals surface area contributed by atoms with Crippen molar-refractivity contribution >= 4 is 27.5 Å². The Labute approximate surface area is 138 Å². The highest BCUT2D eigenvalue weighted by Gasteiger charge is 2.12. The first-order valence-corrected chi connectivity index (χ1v) is 8.17. The zero-order valence-corrected chi connectivity index (χ0v) is 14.2. The monoisotopic (exact) mass is 369 g/mol. The van der Waals surface area contributed by atoms with Crippen LogP contribution >= 0.6 is 27.5 Å². The number of nitrogens with one attached hydrogen (secondary N) is 1. The highest BCUT2D eigenvalue weighted by Crippen LogP contribution is 2.18. The molecular formula is C17H18BrClFN. The van der Waals surface area contributed by atoms with Gasteiger partial charge in [-0.05, 0) is 54.8 Å². The summed E-state index contributed by atoms with van der Waals surface area (Å²) in [6.07, 6.45) is 1.51. The zero-order valence-electron chi connectivity index (χ0n) is 11.9. The van der Waals surface area contributed by atoms with Crippen LogP contribution < -0.4 is 5.32 Å². The summed E-state index contributed by atoms with van der Waals surface area (Å²) < 4.78 is 14.7. The van der Waals surface area contributed by atoms with E-state index in [9.17, 15) is 4.39 Å². The Morgan fingerprint density at radius 2 is 1.86 bits per heavy atom. The van der Waals surface area contributed by atoms with E-state index >= 15 is 0 Å². The third-order valence-electron chi connectivity index (χ3n) is 3.37. The number of hydrogen-bond acceptors (Lipinski definition) is 1. The minimum absolute atomic E-state index is 0.164. The summed E-state index contributed by atoms with van der Waals surface area (Å²) in [7, 11) is 0. The number of benzene rings is 2. The van der Waals surface area contributed by atoms with Gasteiger partial charge in [-0.3, -0.25) is 0 Å². The van der Waals surface area contributed by atoms with Crippen molar-refractivity contribution in [3.63, 3.8) is 0 Å². The van der Waals surface area contributed by atoms with Crippen LogP contribution in [0.2, 0.25) is 5.02 Å². The molecule has 0 saturated heterocycles. The van der Waals surface area contributed by atoms with E-state index in [1.54, 1.807) is 0 Å². The maximum atomic E-state index is 14.0. The molecule has 112 valence electrons. The SMILES string of the molecule is CCNC(Cc1ccc(Cl)cc1)Cc1ccc(Br)cc1F. The number of halogens is 3. The lowest BCUT2D eigenvalue weighted by atomic mass is 9.98. The Morgan fingerprint density at radius 1 is 1.14 bits per heavy atom. The molecule has 0 radical (unpaired) electrons. The van der Waals surface area contributed by atoms with Crippen LogP contribution in [-0.2, 0) is 12.8 Å². The Kier molecular flexibility index (Phi) is 6.22. The first-order chi connectivity index (χ1) is 10.1. The zero-order chi connectivity index (χ0) is 15.2. The van der Waals surface area contributed by atoms with Gasteiger partial charge in [0.2, 0.25) is 0 Å². The second-order valence-corrected chi connectivity index (χ2v) is 6.38. The molecule has 0 saturated carbocycles. The van der Waals surface area contributed by atoms with Crippen LogP contribution in [0.15, 0.2) is 46.9 Å². The summed E-state index contributed by atoms with van der Waals surface area (Å²) in [5.74, 6) is -0.164. The number of hydrogen-bond donors (Lipinski definition) is 1. The van der Waals surface area contributed by atoms with Crippen molar-refractivity contribution < 1.29 is 4.39 Å². The molecule has 2 aromatic rings. The van der Waals surface area contributed by atoms with Crippen molar-refractivity contribution in [2.24, 2.45) is 0 Å². The van der Waals surface area contributed by atoms with Crippen molar-refractivity contribution in [3.05, 3.63) is 68.9 Å². The lowest BCUT2D eigenvalue weighted by molar-refractivity contribution is 0.505. The van der Waals surface area contributed by atoms with Crippen LogP contribution in [0.5, 0.6) is 0 Å². The van der Waals surface area contributed by atoms with Crippen LogP contribution in [-0.4, -0.2) is 12.6 Å². The predicted molar refractivity (Wildman–Crippen MR) is 90.4 cm³/mol. The molecule has 0 fully saturated rings. The third-order valence-corrected chi connectivity index (χ3v) is 4.11. The number of rotatable bonds is 6. The van der Waals surface area contributed by atoms with E-state index in [0.717, 1.165) is 28.0 Å². The maximum Gasteiger partial charge on any atom is 0.127 e. The van der Waals surface area contributed by atoms with Gasteiger partial charge in [-0.1, -0.05) is 52.7 Å². The largest absolute Gasteiger partial charge is 0.314 e. The smallest absolute Gasteiger partial charge is 0.127 e. The van der Waals surface area contributed by atoms with E-state index in [4.69, 9.17) is 11.6 Å². The lowest BCUT2D eigenvalue weighted by Crippen LogP contribution is -2.33. The quantitative estimate of drug-likeness (QED) is 0.754. The third kappa shape index (κ3) is 5.10. The van der Waals surface area contributed by atoms with Crippen LogP contribution in [0.25, 0.3) is 0 Å². The molecule has 21 heavy (non-hydrogen) atoms. The summed E-state index contributed by atoms with van der Waals surface area (Å²) in [5, 5.41) is 4.16. The molecule has 2 rings (SSSR count). The van der Waals surface area contributed by atoms with Crippen molar-refractivity contribution in [2.75, 3.05) is 6.54 Å². The predicted octanol–water partition coefficient (Wildman–Crippen LogP) is 5.00. The Morgan fingerprint density at radius 3 is 2.48 bits per heavy atom. The second-order valence-electron chi connectivity index (χ2n) is 5.03. The topological polar surface area (TPSA) is 12.0 Å². The van der Waals surface area contributed by atoms with Gasteiger partial charge in [0.05, 0.1) is 0 Å². The molecule has 0 aliphatic heterocycles. The van der Waals surface area contributed by atoms with Gasteiger partial charge >= 0.3 is 0 Å². The molecule has 1 unspecified atom stereocenters. The summed E-state index contributed by atoms with van der Waals surface area (Å²) in [6.45, 7) is 2.92. The molecule has 0 spiro atoms. The van der Waals surface area contributed by atoms with Crippen molar-refractivity contribution in [1.29, 1.82) is 0 Å². The molecule has 0 aliphatic carbocycles. The van der Waals surface area contributed by atoms with E-state index < -0.39 is 0 Å². The molecule has 0 aromatic heterocycles. The highest BCUT2D eigenvalue weighted by atomic mass is 79.9. The Hall–Kier alpha value is -0.900. The average molecular weight is 371 g/mol. The van der Waals surface area contributed by atoms with Gasteiger partial charge in [0.1, 0.15) is 5.82 Å². The lowest BCUT2D eigenvalue weighted by Gasteiger charge is -2.18. The first kappa shape index (κ1) is 16.5. The van der Waals surface area contributed by atoms with Gasteiger partial charge in [-0.25, -0.2) is 4.39 Å². The molecule has 1 atom stereocenters. The summed E-state index contributed by atoms with van der Waals surface area (Å²) >= 11 is 9.19. The average Bonchev–Trinajstić information content (AvgIpc) is 2.44. The Balaban J connectivity index is 2.09. The van der Waals surface area contributed by atoms with Gasteiger partial charge in [-0.15, -0.1) is 0 Å². The fourth-order valence-corrected chi connectivity index (χ4v) is 2.82. The van der Waals surface area contributed by atoms with Crippen LogP contribution in [0, 0.1) is 5.82 Å². The van der Waals surface area contributed by atoms with Crippen LogP contribution in [0.1, 0.15) is 18.1 Å². The van der Waals surface area contributed by atoms with E-state index in [1.807, 2.05) is 36.4 Å². The molecule has 4 heteroatoms. The van der Waals surface area contributed by atoms with Gasteiger partial charge in [0.25, 0.3) is 0 Å². The summed E-state index contributed by atoms with van der Waals surface area (Å²) in [6, 6.07) is 13.2. The molecular weight excluding hydrogens is 353 g/mol. The summed E-state index contributed by atoms with van der Waals surface area (Å²) in [4.78, 5) is 0. The number of likely N-dealkylation sites (N-methyl/N-ethyl adjacent to an activating group) is 1. The molecule has 0 heterocycles. The van der Waals surface area contributed by atoms with E-state index in [1.165, 1.54) is 11.6 Å². The van der Waals surface area contributed by atoms with Crippen molar-refractivity contribution in [3.8, 4) is 0 Å². The van der Waals surface area contributed by atoms with Gasteiger partial charge < -0.3 is 5.32 Å². The molecule has 0 aliphatic rings. The first-order valence-electron chi connectivity index (χ1n) is 7.00. The summed E-state index contributed by atoms with van der Waals surface area (Å²) in [5.41, 5.74) is 1.93. The normalized spacial score (nSPS) is 12.4. The standard InChI is InChI=1S/C17H18BrClFN/c1-2-21-16(9-12-3-7-15(19)8-4-12)10-13-5-6-14(18)11-17(13)20/h3-8,11,16,21H,2,9-10H2,1H3.